The molecule has 0 aliphatic carbocycles. The van der Waals surface area contributed by atoms with Crippen molar-refractivity contribution in [1.82, 2.24) is 10.3 Å². The lowest BCUT2D eigenvalue weighted by Gasteiger charge is -2.35. The molecular weight excluding hydrogens is 288 g/mol. The van der Waals surface area contributed by atoms with Gasteiger partial charge in [-0.2, -0.15) is 11.8 Å². The van der Waals surface area contributed by atoms with Crippen LogP contribution in [0.15, 0.2) is 4.99 Å². The minimum absolute atomic E-state index is 0.437. The minimum atomic E-state index is -3.16. The van der Waals surface area contributed by atoms with Gasteiger partial charge in [-0.25, -0.2) is 14.3 Å². The molecule has 1 atom stereocenters. The maximum absolute atomic E-state index is 11.8. The molecule has 3 N–H and O–H groups in total. The van der Waals surface area contributed by atoms with Gasteiger partial charge < -0.3 is 9.64 Å². The van der Waals surface area contributed by atoms with Crippen molar-refractivity contribution in [2.24, 2.45) is 10.8 Å². The van der Waals surface area contributed by atoms with E-state index in [9.17, 15) is 8.42 Å². The molecular formula is C10H22N4O3S2. The minimum Gasteiger partial charge on any atom is -0.385 e. The van der Waals surface area contributed by atoms with Crippen LogP contribution in [-0.4, -0.2) is 69.2 Å². The molecule has 1 rings (SSSR count). The highest BCUT2D eigenvalue weighted by Crippen LogP contribution is 2.20. The molecule has 19 heavy (non-hydrogen) atoms. The quantitative estimate of drug-likeness (QED) is 0.227. The standard InChI is InChI=1S/C10H22N4O3S2/c1-17-6-3-4-12-10(13-11)14-5-7-18-8-9(14)19(2,15)16/h9H,3-8,11H2,1-2H3,(H,12,13). The average molecular weight is 310 g/mol. The van der Waals surface area contributed by atoms with Gasteiger partial charge in [-0.1, -0.05) is 0 Å². The van der Waals surface area contributed by atoms with Crippen LogP contribution in [0.4, 0.5) is 0 Å². The lowest BCUT2D eigenvalue weighted by atomic mass is 10.4. The lowest BCUT2D eigenvalue weighted by Crippen LogP contribution is -2.55. The van der Waals surface area contributed by atoms with Gasteiger partial charge in [0.15, 0.2) is 9.84 Å². The maximum atomic E-state index is 11.8. The number of hydrogen-bond acceptors (Lipinski definition) is 6. The van der Waals surface area contributed by atoms with Gasteiger partial charge in [-0.05, 0) is 6.42 Å². The second-order valence-corrected chi connectivity index (χ2v) is 7.60. The molecule has 9 heteroatoms. The van der Waals surface area contributed by atoms with Crippen molar-refractivity contribution in [3.8, 4) is 0 Å². The number of nitrogens with zero attached hydrogens (tertiary/aromatic N) is 2. The SMILES string of the molecule is COCCCN=C(NN)N1CCSCC1S(C)(=O)=O. The summed E-state index contributed by atoms with van der Waals surface area (Å²) in [7, 11) is -1.53. The molecule has 0 amide bonds. The van der Waals surface area contributed by atoms with Crippen molar-refractivity contribution >= 4 is 27.6 Å². The molecule has 0 radical (unpaired) electrons. The second-order valence-electron chi connectivity index (χ2n) is 4.25. The Kier molecular flexibility index (Phi) is 6.90. The first-order valence-electron chi connectivity index (χ1n) is 6.04. The molecule has 1 aliphatic heterocycles. The number of guanidine groups is 1. The second kappa shape index (κ2) is 7.93. The highest BCUT2D eigenvalue weighted by molar-refractivity contribution is 8.00. The predicted octanol–water partition coefficient (Wildman–Crippen LogP) is -0.738. The van der Waals surface area contributed by atoms with Gasteiger partial charge in [-0.15, -0.1) is 0 Å². The molecule has 1 aliphatic rings. The Bertz CT molecular complexity index is 400. The summed E-state index contributed by atoms with van der Waals surface area (Å²) in [5.41, 5.74) is 2.51. The van der Waals surface area contributed by atoms with E-state index < -0.39 is 15.2 Å². The summed E-state index contributed by atoms with van der Waals surface area (Å²) in [6.07, 6.45) is 2.02. The third-order valence-electron chi connectivity index (χ3n) is 2.75. The van der Waals surface area contributed by atoms with Crippen molar-refractivity contribution in [1.29, 1.82) is 0 Å². The number of rotatable bonds is 5. The molecule has 0 aromatic carbocycles. The fourth-order valence-electron chi connectivity index (χ4n) is 1.79. The fraction of sp³-hybridized carbons (Fsp3) is 0.900. The third-order valence-corrected chi connectivity index (χ3v) is 5.39. The summed E-state index contributed by atoms with van der Waals surface area (Å²) in [4.78, 5) is 6.05. The van der Waals surface area contributed by atoms with Crippen LogP contribution in [-0.2, 0) is 14.6 Å². The number of hydrogen-bond donors (Lipinski definition) is 2. The summed E-state index contributed by atoms with van der Waals surface area (Å²) in [6, 6.07) is 0. The van der Waals surface area contributed by atoms with Crippen LogP contribution in [0.25, 0.3) is 0 Å². The van der Waals surface area contributed by atoms with Crippen LogP contribution in [0, 0.1) is 0 Å². The number of hydrazine groups is 1. The van der Waals surface area contributed by atoms with Crippen molar-refractivity contribution < 1.29 is 13.2 Å². The number of ether oxygens (including phenoxy) is 1. The summed E-state index contributed by atoms with van der Waals surface area (Å²) in [6.45, 7) is 1.79. The Balaban J connectivity index is 2.76. The molecule has 112 valence electrons. The van der Waals surface area contributed by atoms with Crippen LogP contribution in [0.5, 0.6) is 0 Å². The molecule has 0 spiro atoms. The van der Waals surface area contributed by atoms with Crippen LogP contribution in [0.3, 0.4) is 0 Å². The van der Waals surface area contributed by atoms with Crippen molar-refractivity contribution in [2.45, 2.75) is 11.8 Å². The van der Waals surface area contributed by atoms with E-state index in [1.807, 2.05) is 0 Å². The van der Waals surface area contributed by atoms with Crippen LogP contribution < -0.4 is 11.3 Å². The van der Waals surface area contributed by atoms with E-state index in [2.05, 4.69) is 10.4 Å². The summed E-state index contributed by atoms with van der Waals surface area (Å²) in [5, 5.41) is -0.566. The molecule has 0 saturated carbocycles. The Labute approximate surface area is 118 Å². The van der Waals surface area contributed by atoms with Gasteiger partial charge in [0.25, 0.3) is 0 Å². The smallest absolute Gasteiger partial charge is 0.209 e. The number of nitrogens with one attached hydrogen (secondary N) is 1. The number of sulfone groups is 1. The zero-order chi connectivity index (χ0) is 14.3. The normalized spacial score (nSPS) is 21.5. The van der Waals surface area contributed by atoms with E-state index >= 15 is 0 Å². The van der Waals surface area contributed by atoms with E-state index in [4.69, 9.17) is 10.6 Å². The number of thioether (sulfide) groups is 1. The first kappa shape index (κ1) is 16.5. The summed E-state index contributed by atoms with van der Waals surface area (Å²) in [5.74, 6) is 7.31. The molecule has 7 nitrogen and oxygen atoms in total. The fourth-order valence-corrected chi connectivity index (χ4v) is 4.61. The van der Waals surface area contributed by atoms with Gasteiger partial charge in [0.05, 0.1) is 0 Å². The van der Waals surface area contributed by atoms with Gasteiger partial charge >= 0.3 is 0 Å². The molecule has 1 fully saturated rings. The molecule has 1 unspecified atom stereocenters. The third kappa shape index (κ3) is 5.17. The first-order valence-corrected chi connectivity index (χ1v) is 9.15. The van der Waals surface area contributed by atoms with Crippen LogP contribution in [0.2, 0.25) is 0 Å². The van der Waals surface area contributed by atoms with E-state index in [1.165, 1.54) is 6.26 Å². The first-order chi connectivity index (χ1) is 9.00. The Morgan fingerprint density at radius 3 is 2.95 bits per heavy atom. The van der Waals surface area contributed by atoms with E-state index in [1.54, 1.807) is 23.8 Å². The van der Waals surface area contributed by atoms with Crippen molar-refractivity contribution in [3.05, 3.63) is 0 Å². The average Bonchev–Trinajstić information content (AvgIpc) is 2.38. The molecule has 0 bridgehead atoms. The lowest BCUT2D eigenvalue weighted by molar-refractivity contribution is 0.197. The monoisotopic (exact) mass is 310 g/mol. The summed E-state index contributed by atoms with van der Waals surface area (Å²) >= 11 is 1.63. The highest BCUT2D eigenvalue weighted by atomic mass is 32.2. The molecule has 1 heterocycles. The van der Waals surface area contributed by atoms with E-state index in [0.29, 0.717) is 31.4 Å². The Hall–Kier alpha value is -0.510. The number of nitrogens with two attached hydrogens (primary N) is 1. The predicted molar refractivity (Wildman–Crippen MR) is 78.8 cm³/mol. The largest absolute Gasteiger partial charge is 0.385 e. The van der Waals surface area contributed by atoms with Gasteiger partial charge in [0.2, 0.25) is 5.96 Å². The molecule has 0 aromatic rings. The van der Waals surface area contributed by atoms with Gasteiger partial charge in [0.1, 0.15) is 5.37 Å². The molecule has 1 saturated heterocycles. The Morgan fingerprint density at radius 2 is 2.37 bits per heavy atom. The molecule has 0 aromatic heterocycles. The highest BCUT2D eigenvalue weighted by Gasteiger charge is 2.32. The van der Waals surface area contributed by atoms with Crippen molar-refractivity contribution in [3.63, 3.8) is 0 Å². The van der Waals surface area contributed by atoms with Gasteiger partial charge in [-0.3, -0.25) is 10.4 Å². The van der Waals surface area contributed by atoms with E-state index in [0.717, 1.165) is 12.2 Å². The van der Waals surface area contributed by atoms with E-state index in [-0.39, 0.29) is 0 Å². The number of methoxy groups -OCH3 is 1. The summed E-state index contributed by atoms with van der Waals surface area (Å²) < 4.78 is 28.5. The zero-order valence-corrected chi connectivity index (χ0v) is 13.0. The topological polar surface area (TPSA) is 97.0 Å². The maximum Gasteiger partial charge on any atom is 0.209 e. The van der Waals surface area contributed by atoms with Crippen LogP contribution >= 0.6 is 11.8 Å². The Morgan fingerprint density at radius 1 is 1.63 bits per heavy atom. The van der Waals surface area contributed by atoms with Crippen molar-refractivity contribution in [2.75, 3.05) is 44.6 Å². The zero-order valence-electron chi connectivity index (χ0n) is 11.3. The number of aliphatic imine (C=N–C) groups is 1. The van der Waals surface area contributed by atoms with Gasteiger partial charge in [0, 0.05) is 44.6 Å². The van der Waals surface area contributed by atoms with Crippen LogP contribution in [0.1, 0.15) is 6.42 Å².